The average Bonchev–Trinajstić information content (AvgIpc) is 2.47. The lowest BCUT2D eigenvalue weighted by molar-refractivity contribution is -0.137. The summed E-state index contributed by atoms with van der Waals surface area (Å²) in [5, 5.41) is 6.18. The van der Waals surface area contributed by atoms with Gasteiger partial charge >= 0.3 is 6.18 Å². The number of benzene rings is 1. The van der Waals surface area contributed by atoms with Crippen LogP contribution in [0, 0.1) is 0 Å². The van der Waals surface area contributed by atoms with Crippen molar-refractivity contribution in [2.45, 2.75) is 44.4 Å². The van der Waals surface area contributed by atoms with Crippen molar-refractivity contribution in [3.63, 3.8) is 0 Å². The summed E-state index contributed by atoms with van der Waals surface area (Å²) in [6, 6.07) is 4.44. The number of rotatable bonds is 3. The first-order valence-corrected chi connectivity index (χ1v) is 7.09. The molecule has 2 N–H and O–H groups in total. The molecule has 0 radical (unpaired) electrons. The van der Waals surface area contributed by atoms with Crippen LogP contribution in [0.5, 0.6) is 0 Å². The molecule has 1 fully saturated rings. The van der Waals surface area contributed by atoms with Crippen LogP contribution in [0.15, 0.2) is 24.3 Å². The molecule has 116 valence electrons. The number of amides is 1. The molecule has 2 atom stereocenters. The molecule has 3 nitrogen and oxygen atoms in total. The number of hydrogen-bond donors (Lipinski definition) is 2. The molecule has 2 unspecified atom stereocenters. The smallest absolute Gasteiger partial charge is 0.348 e. The lowest BCUT2D eigenvalue weighted by atomic mass is 9.99. The van der Waals surface area contributed by atoms with E-state index in [-0.39, 0.29) is 23.6 Å². The summed E-state index contributed by atoms with van der Waals surface area (Å²) in [5.41, 5.74) is -0.508. The first-order chi connectivity index (χ1) is 9.88. The lowest BCUT2D eigenvalue weighted by Crippen LogP contribution is -2.50. The van der Waals surface area contributed by atoms with E-state index in [9.17, 15) is 18.0 Å². The van der Waals surface area contributed by atoms with E-state index in [2.05, 4.69) is 10.6 Å². The maximum absolute atomic E-state index is 12.5. The zero-order valence-corrected chi connectivity index (χ0v) is 11.8. The second-order valence-corrected chi connectivity index (χ2v) is 5.39. The number of carbonyl (C=O) groups excluding carboxylic acids is 1. The van der Waals surface area contributed by atoms with Gasteiger partial charge in [-0.05, 0) is 50.6 Å². The van der Waals surface area contributed by atoms with Gasteiger partial charge in [0.25, 0.3) is 5.91 Å². The lowest BCUT2D eigenvalue weighted by Gasteiger charge is -2.29. The highest BCUT2D eigenvalue weighted by Crippen LogP contribution is 2.29. The van der Waals surface area contributed by atoms with Gasteiger partial charge in [0.15, 0.2) is 0 Å². The van der Waals surface area contributed by atoms with Gasteiger partial charge in [0.1, 0.15) is 0 Å². The van der Waals surface area contributed by atoms with Crippen LogP contribution in [0.1, 0.15) is 42.1 Å². The zero-order valence-electron chi connectivity index (χ0n) is 11.8. The molecular formula is C15H19F3N2O. The Labute approximate surface area is 121 Å². The Morgan fingerprint density at radius 3 is 2.48 bits per heavy atom. The third-order valence-electron chi connectivity index (χ3n) is 3.79. The Bertz CT molecular complexity index is 479. The minimum Gasteiger partial charge on any atom is -0.348 e. The van der Waals surface area contributed by atoms with Crippen molar-refractivity contribution in [2.24, 2.45) is 0 Å². The van der Waals surface area contributed by atoms with Gasteiger partial charge in [0, 0.05) is 17.6 Å². The van der Waals surface area contributed by atoms with E-state index in [0.29, 0.717) is 0 Å². The van der Waals surface area contributed by atoms with E-state index in [1.807, 2.05) is 6.92 Å². The largest absolute Gasteiger partial charge is 0.416 e. The molecule has 1 amide bonds. The van der Waals surface area contributed by atoms with E-state index < -0.39 is 11.7 Å². The highest BCUT2D eigenvalue weighted by Gasteiger charge is 2.30. The number of alkyl halides is 3. The van der Waals surface area contributed by atoms with Crippen LogP contribution in [0.2, 0.25) is 0 Å². The van der Waals surface area contributed by atoms with Crippen LogP contribution in [-0.2, 0) is 6.18 Å². The molecule has 1 aliphatic heterocycles. The summed E-state index contributed by atoms with van der Waals surface area (Å²) >= 11 is 0. The van der Waals surface area contributed by atoms with Gasteiger partial charge in [0.05, 0.1) is 5.56 Å². The van der Waals surface area contributed by atoms with Crippen LogP contribution in [0.3, 0.4) is 0 Å². The molecular weight excluding hydrogens is 281 g/mol. The monoisotopic (exact) mass is 300 g/mol. The van der Waals surface area contributed by atoms with Crippen molar-refractivity contribution < 1.29 is 18.0 Å². The quantitative estimate of drug-likeness (QED) is 0.901. The molecule has 2 rings (SSSR count). The normalized spacial score (nSPS) is 20.9. The second kappa shape index (κ2) is 6.47. The Hall–Kier alpha value is -1.56. The number of hydrogen-bond acceptors (Lipinski definition) is 2. The number of halogens is 3. The summed E-state index contributed by atoms with van der Waals surface area (Å²) in [6.45, 7) is 2.84. The summed E-state index contributed by atoms with van der Waals surface area (Å²) in [6.07, 6.45) is -1.13. The predicted molar refractivity (Wildman–Crippen MR) is 74.0 cm³/mol. The molecule has 1 aliphatic rings. The van der Waals surface area contributed by atoms with Crippen molar-refractivity contribution in [1.29, 1.82) is 0 Å². The second-order valence-electron chi connectivity index (χ2n) is 5.39. The van der Waals surface area contributed by atoms with Crippen molar-refractivity contribution in [1.82, 2.24) is 10.6 Å². The van der Waals surface area contributed by atoms with Gasteiger partial charge in [-0.3, -0.25) is 4.79 Å². The Balaban J connectivity index is 1.96. The van der Waals surface area contributed by atoms with E-state index in [4.69, 9.17) is 0 Å². The van der Waals surface area contributed by atoms with E-state index in [1.165, 1.54) is 12.1 Å². The van der Waals surface area contributed by atoms with Gasteiger partial charge in [-0.15, -0.1) is 0 Å². The maximum atomic E-state index is 12.5. The minimum atomic E-state index is -4.38. The topological polar surface area (TPSA) is 41.1 Å². The first kappa shape index (κ1) is 15.8. The Morgan fingerprint density at radius 2 is 1.95 bits per heavy atom. The van der Waals surface area contributed by atoms with Gasteiger partial charge < -0.3 is 10.6 Å². The molecule has 0 spiro atoms. The third-order valence-corrected chi connectivity index (χ3v) is 3.79. The minimum absolute atomic E-state index is 0.0555. The summed E-state index contributed by atoms with van der Waals surface area (Å²) in [7, 11) is 0. The molecule has 1 aromatic rings. The van der Waals surface area contributed by atoms with Crippen molar-refractivity contribution in [3.8, 4) is 0 Å². The fourth-order valence-electron chi connectivity index (χ4n) is 2.51. The van der Waals surface area contributed by atoms with Gasteiger partial charge in [-0.2, -0.15) is 13.2 Å². The fourth-order valence-corrected chi connectivity index (χ4v) is 2.51. The fraction of sp³-hybridized carbons (Fsp3) is 0.533. The van der Waals surface area contributed by atoms with Gasteiger partial charge in [0.2, 0.25) is 0 Å². The highest BCUT2D eigenvalue weighted by molar-refractivity contribution is 5.94. The number of carbonyl (C=O) groups is 1. The van der Waals surface area contributed by atoms with Crippen molar-refractivity contribution in [3.05, 3.63) is 35.4 Å². The van der Waals surface area contributed by atoms with Crippen molar-refractivity contribution in [2.75, 3.05) is 6.54 Å². The van der Waals surface area contributed by atoms with E-state index >= 15 is 0 Å². The summed E-state index contributed by atoms with van der Waals surface area (Å²) in [5.74, 6) is -0.344. The van der Waals surface area contributed by atoms with Crippen LogP contribution in [-0.4, -0.2) is 24.5 Å². The average molecular weight is 300 g/mol. The maximum Gasteiger partial charge on any atom is 0.416 e. The van der Waals surface area contributed by atoms with Crippen LogP contribution in [0.4, 0.5) is 13.2 Å². The van der Waals surface area contributed by atoms with Gasteiger partial charge in [-0.1, -0.05) is 6.42 Å². The molecule has 0 aromatic heterocycles. The van der Waals surface area contributed by atoms with Crippen LogP contribution in [0.25, 0.3) is 0 Å². The van der Waals surface area contributed by atoms with Gasteiger partial charge in [-0.25, -0.2) is 0 Å². The van der Waals surface area contributed by atoms with Crippen LogP contribution < -0.4 is 10.6 Å². The Morgan fingerprint density at radius 1 is 1.29 bits per heavy atom. The van der Waals surface area contributed by atoms with Crippen LogP contribution >= 0.6 is 0 Å². The summed E-state index contributed by atoms with van der Waals surface area (Å²) in [4.78, 5) is 12.0. The molecule has 21 heavy (non-hydrogen) atoms. The molecule has 1 heterocycles. The standard InChI is InChI=1S/C15H19F3N2O/c1-10(13-4-2-3-9-19-13)20-14(21)11-5-7-12(8-6-11)15(16,17)18/h5-8,10,13,19H,2-4,9H2,1H3,(H,20,21). The Kier molecular flexibility index (Phi) is 4.88. The molecule has 6 heteroatoms. The van der Waals surface area contributed by atoms with Crippen molar-refractivity contribution >= 4 is 5.91 Å². The molecule has 0 saturated carbocycles. The number of nitrogens with one attached hydrogen (secondary N) is 2. The molecule has 1 saturated heterocycles. The highest BCUT2D eigenvalue weighted by atomic mass is 19.4. The molecule has 0 bridgehead atoms. The third kappa shape index (κ3) is 4.20. The zero-order chi connectivity index (χ0) is 15.5. The summed E-state index contributed by atoms with van der Waals surface area (Å²) < 4.78 is 37.4. The molecule has 1 aromatic carbocycles. The number of piperidine rings is 1. The first-order valence-electron chi connectivity index (χ1n) is 7.09. The SMILES string of the molecule is CC(NC(=O)c1ccc(C(F)(F)F)cc1)C1CCCCN1. The molecule has 0 aliphatic carbocycles. The van der Waals surface area contributed by atoms with E-state index in [1.54, 1.807) is 0 Å². The van der Waals surface area contributed by atoms with E-state index in [0.717, 1.165) is 37.9 Å². The predicted octanol–water partition coefficient (Wildman–Crippen LogP) is 2.97.